The van der Waals surface area contributed by atoms with Gasteiger partial charge >= 0.3 is 5.65 Å². The summed E-state index contributed by atoms with van der Waals surface area (Å²) in [7, 11) is 1.80. The summed E-state index contributed by atoms with van der Waals surface area (Å²) in [5.74, 6) is 1.47. The van der Waals surface area contributed by atoms with Crippen LogP contribution in [-0.2, 0) is 12.5 Å². The van der Waals surface area contributed by atoms with Crippen molar-refractivity contribution in [2.45, 2.75) is 39.2 Å². The van der Waals surface area contributed by atoms with Crippen LogP contribution in [0.5, 0.6) is 0 Å². The minimum Gasteiger partial charge on any atom is -0.358 e. The summed E-state index contributed by atoms with van der Waals surface area (Å²) in [4.78, 5) is 40.8. The van der Waals surface area contributed by atoms with Crippen LogP contribution in [0.25, 0.3) is 33.8 Å². The lowest BCUT2D eigenvalue weighted by atomic mass is 9.96. The molecule has 0 radical (unpaired) electrons. The Morgan fingerprint density at radius 1 is 1.24 bits per heavy atom. The first-order chi connectivity index (χ1) is 15.7. The molecule has 12 heteroatoms. The number of aromatic amines is 2. The number of fused-ring (bicyclic) bond motifs is 2. The Balaban J connectivity index is 1.37. The molecule has 3 N–H and O–H groups in total. The van der Waals surface area contributed by atoms with E-state index in [9.17, 15) is 4.79 Å². The fraction of sp³-hybridized carbons (Fsp3) is 0.333. The number of nitrogens with one attached hydrogen (secondary N) is 3. The van der Waals surface area contributed by atoms with Gasteiger partial charge in [-0.3, -0.25) is 9.78 Å². The van der Waals surface area contributed by atoms with Crippen molar-refractivity contribution in [1.29, 1.82) is 0 Å². The van der Waals surface area contributed by atoms with Crippen LogP contribution in [0.15, 0.2) is 29.4 Å². The number of rotatable bonds is 4. The van der Waals surface area contributed by atoms with Gasteiger partial charge in [-0.25, -0.2) is 24.9 Å². The Hall–Kier alpha value is -4.22. The van der Waals surface area contributed by atoms with Crippen LogP contribution in [0, 0.1) is 0 Å². The average molecular weight is 447 g/mol. The van der Waals surface area contributed by atoms with Gasteiger partial charge in [0, 0.05) is 18.5 Å². The lowest BCUT2D eigenvalue weighted by Crippen LogP contribution is -2.27. The smallest absolute Gasteiger partial charge is 0.303 e. The van der Waals surface area contributed by atoms with E-state index in [1.165, 1.54) is 6.33 Å². The molecule has 0 spiro atoms. The Kier molecular flexibility index (Phi) is 4.65. The Morgan fingerprint density at radius 2 is 2.06 bits per heavy atom. The number of H-pyrrole nitrogens is 2. The maximum absolute atomic E-state index is 12.8. The number of hydrogen-bond donors (Lipinski definition) is 2. The van der Waals surface area contributed by atoms with Crippen molar-refractivity contribution in [1.82, 2.24) is 44.9 Å². The van der Waals surface area contributed by atoms with Crippen molar-refractivity contribution < 1.29 is 14.3 Å². The number of nitrogens with zero attached hydrogens (tertiary/aromatic N) is 7. The van der Waals surface area contributed by atoms with Gasteiger partial charge in [0.2, 0.25) is 5.82 Å². The van der Waals surface area contributed by atoms with Gasteiger partial charge in [0.25, 0.3) is 11.7 Å². The van der Waals surface area contributed by atoms with Crippen molar-refractivity contribution in [3.63, 3.8) is 0 Å². The van der Waals surface area contributed by atoms with E-state index >= 15 is 0 Å². The highest BCUT2D eigenvalue weighted by Crippen LogP contribution is 2.23. The van der Waals surface area contributed by atoms with Crippen LogP contribution < -0.4 is 10.3 Å². The molecule has 0 fully saturated rings. The molecular formula is C21H23N10O2+. The van der Waals surface area contributed by atoms with Gasteiger partial charge in [-0.05, 0) is 6.92 Å². The van der Waals surface area contributed by atoms with Gasteiger partial charge in [0.15, 0.2) is 28.3 Å². The number of aryl methyl sites for hydroxylation is 1. The molecule has 1 atom stereocenters. The molecule has 12 nitrogen and oxygen atoms in total. The quantitative estimate of drug-likeness (QED) is 0.423. The molecule has 0 saturated carbocycles. The molecule has 5 aromatic heterocycles. The van der Waals surface area contributed by atoms with Crippen molar-refractivity contribution in [2.75, 3.05) is 0 Å². The predicted octanol–water partition coefficient (Wildman–Crippen LogP) is 1.89. The van der Waals surface area contributed by atoms with E-state index in [1.54, 1.807) is 37.1 Å². The van der Waals surface area contributed by atoms with E-state index in [0.717, 1.165) is 11.3 Å². The van der Waals surface area contributed by atoms with Gasteiger partial charge in [0.1, 0.15) is 11.8 Å². The van der Waals surface area contributed by atoms with Crippen molar-refractivity contribution in [3.05, 3.63) is 42.2 Å². The molecule has 5 aromatic rings. The van der Waals surface area contributed by atoms with Gasteiger partial charge < -0.3 is 14.4 Å². The standard InChI is InChI=1S/C21H22N10O2/c1-10(26-19(32)15-14-18(24-8-23-15)31(5)9-25-14)13-6-11(30-33-13)16-27-12-7-22-20(21(2,3)4)29-17(12)28-16/h6-10H,1-5H3,(H,26,32)(H,22,27,28,29)/p+1/t10-/m1/s1. The third kappa shape index (κ3) is 3.69. The van der Waals surface area contributed by atoms with Gasteiger partial charge in [-0.1, -0.05) is 30.9 Å². The molecule has 0 unspecified atom stereocenters. The van der Waals surface area contributed by atoms with Gasteiger partial charge in [-0.2, -0.15) is 0 Å². The molecule has 33 heavy (non-hydrogen) atoms. The number of carbonyl (C=O) groups is 1. The third-order valence-electron chi connectivity index (χ3n) is 5.23. The lowest BCUT2D eigenvalue weighted by Gasteiger charge is -2.11. The summed E-state index contributed by atoms with van der Waals surface area (Å²) in [6, 6.07) is 1.30. The number of hydrogen-bond acceptors (Lipinski definition) is 8. The Labute approximate surface area is 187 Å². The van der Waals surface area contributed by atoms with Crippen LogP contribution in [0.1, 0.15) is 55.8 Å². The first-order valence-corrected chi connectivity index (χ1v) is 10.4. The highest BCUT2D eigenvalue weighted by atomic mass is 16.5. The molecular weight excluding hydrogens is 424 g/mol. The molecule has 0 aliphatic heterocycles. The second-order valence-corrected chi connectivity index (χ2v) is 8.89. The summed E-state index contributed by atoms with van der Waals surface area (Å²) >= 11 is 0. The number of aromatic nitrogens is 9. The maximum atomic E-state index is 12.8. The second kappa shape index (κ2) is 7.43. The van der Waals surface area contributed by atoms with Crippen LogP contribution in [0.3, 0.4) is 0 Å². The third-order valence-corrected chi connectivity index (χ3v) is 5.23. The largest absolute Gasteiger partial charge is 0.358 e. The Morgan fingerprint density at radius 3 is 2.85 bits per heavy atom. The number of amides is 1. The molecule has 0 aromatic carbocycles. The SMILES string of the molecule is C[C@@H](NC(=O)c1ncnc2c1ncn2C)c1cc(-c2[nH]c3cnc(C(C)(C)C)nc3[nH+]2)no1. The minimum atomic E-state index is -0.454. The molecule has 0 aliphatic carbocycles. The van der Waals surface area contributed by atoms with Crippen LogP contribution in [0.4, 0.5) is 0 Å². The fourth-order valence-electron chi connectivity index (χ4n) is 3.40. The number of carbonyl (C=O) groups excluding carboxylic acids is 1. The van der Waals surface area contributed by atoms with E-state index in [4.69, 9.17) is 4.52 Å². The normalized spacial score (nSPS) is 13.0. The molecule has 5 heterocycles. The first-order valence-electron chi connectivity index (χ1n) is 10.4. The highest BCUT2D eigenvalue weighted by Gasteiger charge is 2.25. The van der Waals surface area contributed by atoms with Crippen LogP contribution >= 0.6 is 0 Å². The monoisotopic (exact) mass is 447 g/mol. The van der Waals surface area contributed by atoms with E-state index in [1.807, 2.05) is 0 Å². The summed E-state index contributed by atoms with van der Waals surface area (Å²) in [5.41, 5.74) is 3.03. The van der Waals surface area contributed by atoms with E-state index in [0.29, 0.717) is 34.1 Å². The van der Waals surface area contributed by atoms with E-state index in [2.05, 4.69) is 66.1 Å². The van der Waals surface area contributed by atoms with Gasteiger partial charge in [0.05, 0.1) is 18.6 Å². The van der Waals surface area contributed by atoms with Crippen LogP contribution in [-0.4, -0.2) is 45.5 Å². The van der Waals surface area contributed by atoms with Crippen LogP contribution in [0.2, 0.25) is 0 Å². The summed E-state index contributed by atoms with van der Waals surface area (Å²) < 4.78 is 7.22. The molecule has 0 saturated heterocycles. The fourth-order valence-corrected chi connectivity index (χ4v) is 3.40. The molecule has 5 rings (SSSR count). The van der Waals surface area contributed by atoms with E-state index in [-0.39, 0.29) is 17.0 Å². The molecule has 1 amide bonds. The zero-order valence-corrected chi connectivity index (χ0v) is 18.8. The molecule has 168 valence electrons. The molecule has 0 bridgehead atoms. The highest BCUT2D eigenvalue weighted by molar-refractivity contribution is 6.02. The summed E-state index contributed by atoms with van der Waals surface area (Å²) in [6.07, 6.45) is 4.68. The van der Waals surface area contributed by atoms with Crippen molar-refractivity contribution in [2.24, 2.45) is 7.05 Å². The van der Waals surface area contributed by atoms with Crippen molar-refractivity contribution in [3.8, 4) is 11.5 Å². The Bertz CT molecular complexity index is 1490. The first kappa shape index (κ1) is 20.7. The average Bonchev–Trinajstić information content (AvgIpc) is 3.50. The number of imidazole rings is 2. The second-order valence-electron chi connectivity index (χ2n) is 8.89. The summed E-state index contributed by atoms with van der Waals surface area (Å²) in [6.45, 7) is 7.97. The maximum Gasteiger partial charge on any atom is 0.303 e. The van der Waals surface area contributed by atoms with Crippen molar-refractivity contribution >= 4 is 28.2 Å². The predicted molar refractivity (Wildman–Crippen MR) is 117 cm³/mol. The zero-order chi connectivity index (χ0) is 23.3. The van der Waals surface area contributed by atoms with E-state index < -0.39 is 6.04 Å². The lowest BCUT2D eigenvalue weighted by molar-refractivity contribution is -0.334. The molecule has 0 aliphatic rings. The minimum absolute atomic E-state index is 0.168. The topological polar surface area (TPSA) is 154 Å². The van der Waals surface area contributed by atoms with Gasteiger partial charge in [-0.15, -0.1) is 0 Å². The zero-order valence-electron chi connectivity index (χ0n) is 18.8. The summed E-state index contributed by atoms with van der Waals surface area (Å²) in [5, 5.41) is 7.00.